The van der Waals surface area contributed by atoms with Crippen molar-refractivity contribution >= 4 is 5.91 Å². The van der Waals surface area contributed by atoms with Gasteiger partial charge in [-0.25, -0.2) is 0 Å². The number of amides is 1. The van der Waals surface area contributed by atoms with Crippen molar-refractivity contribution in [3.63, 3.8) is 0 Å². The summed E-state index contributed by atoms with van der Waals surface area (Å²) in [5, 5.41) is 4.25. The molecule has 2 unspecified atom stereocenters. The zero-order valence-electron chi connectivity index (χ0n) is 10.9. The first-order valence-electron chi connectivity index (χ1n) is 6.24. The van der Waals surface area contributed by atoms with Crippen molar-refractivity contribution in [3.8, 4) is 0 Å². The second-order valence-corrected chi connectivity index (χ2v) is 4.46. The maximum absolute atomic E-state index is 12.0. The molecule has 2 rings (SSSR count). The fraction of sp³-hybridized carbons (Fsp3) is 0.667. The molecule has 1 fully saturated rings. The summed E-state index contributed by atoms with van der Waals surface area (Å²) in [6, 6.07) is 1.68. The molecule has 1 aromatic rings. The monoisotopic (exact) mass is 252 g/mol. The van der Waals surface area contributed by atoms with Gasteiger partial charge in [-0.1, -0.05) is 0 Å². The van der Waals surface area contributed by atoms with Gasteiger partial charge in [0.05, 0.1) is 18.3 Å². The van der Waals surface area contributed by atoms with E-state index in [1.54, 1.807) is 18.2 Å². The molecule has 0 spiro atoms. The Kier molecular flexibility index (Phi) is 3.98. The molecule has 6 nitrogen and oxygen atoms in total. The number of nitrogens with two attached hydrogens (primary N) is 1. The Balaban J connectivity index is 2.25. The molecule has 0 radical (unpaired) electrons. The minimum absolute atomic E-state index is 0.0879. The topological polar surface area (TPSA) is 73.4 Å². The number of carbonyl (C=O) groups excluding carboxylic acids is 1. The van der Waals surface area contributed by atoms with Crippen LogP contribution in [0.4, 0.5) is 0 Å². The van der Waals surface area contributed by atoms with E-state index >= 15 is 0 Å². The summed E-state index contributed by atoms with van der Waals surface area (Å²) in [4.78, 5) is 13.8. The lowest BCUT2D eigenvalue weighted by Gasteiger charge is -2.27. The molecule has 100 valence electrons. The first-order chi connectivity index (χ1) is 8.69. The van der Waals surface area contributed by atoms with Crippen LogP contribution in [0, 0.1) is 0 Å². The quantitative estimate of drug-likeness (QED) is 0.809. The van der Waals surface area contributed by atoms with Crippen LogP contribution in [0.15, 0.2) is 12.3 Å². The number of rotatable bonds is 5. The fourth-order valence-corrected chi connectivity index (χ4v) is 2.51. The van der Waals surface area contributed by atoms with Crippen molar-refractivity contribution in [1.82, 2.24) is 14.7 Å². The van der Waals surface area contributed by atoms with Crippen LogP contribution in [-0.4, -0.2) is 46.9 Å². The normalized spacial score (nSPS) is 23.9. The zero-order valence-corrected chi connectivity index (χ0v) is 10.9. The number of carbonyl (C=O) groups is 1. The van der Waals surface area contributed by atoms with Crippen LogP contribution in [0.25, 0.3) is 0 Å². The molecule has 1 aromatic heterocycles. The molecule has 2 atom stereocenters. The van der Waals surface area contributed by atoms with Gasteiger partial charge in [0.2, 0.25) is 5.91 Å². The summed E-state index contributed by atoms with van der Waals surface area (Å²) >= 11 is 0. The van der Waals surface area contributed by atoms with Crippen LogP contribution in [0.3, 0.4) is 0 Å². The van der Waals surface area contributed by atoms with Crippen LogP contribution in [-0.2, 0) is 16.1 Å². The maximum atomic E-state index is 12.0. The SMILES string of the molecule is CCn1nccc1C1C(N)CC(=O)N1CCOC. The van der Waals surface area contributed by atoms with Crippen LogP contribution < -0.4 is 5.73 Å². The van der Waals surface area contributed by atoms with Gasteiger partial charge in [-0.3, -0.25) is 9.48 Å². The first kappa shape index (κ1) is 13.0. The van der Waals surface area contributed by atoms with Gasteiger partial charge >= 0.3 is 0 Å². The standard InChI is InChI=1S/C12H20N4O2/c1-3-16-10(4-5-14-16)12-9(13)8-11(17)15(12)6-7-18-2/h4-5,9,12H,3,6-8,13H2,1-2H3. The van der Waals surface area contributed by atoms with E-state index in [0.29, 0.717) is 19.6 Å². The highest BCUT2D eigenvalue weighted by molar-refractivity contribution is 5.80. The van der Waals surface area contributed by atoms with Crippen molar-refractivity contribution in [2.75, 3.05) is 20.3 Å². The van der Waals surface area contributed by atoms with E-state index in [1.165, 1.54) is 0 Å². The van der Waals surface area contributed by atoms with Gasteiger partial charge in [0.25, 0.3) is 0 Å². The molecule has 0 aromatic carbocycles. The first-order valence-corrected chi connectivity index (χ1v) is 6.24. The average Bonchev–Trinajstić information content (AvgIpc) is 2.90. The molecule has 0 aliphatic carbocycles. The Hall–Kier alpha value is -1.40. The summed E-state index contributed by atoms with van der Waals surface area (Å²) < 4.78 is 6.94. The highest BCUT2D eigenvalue weighted by Crippen LogP contribution is 2.31. The molecule has 2 heterocycles. The maximum Gasteiger partial charge on any atom is 0.224 e. The van der Waals surface area contributed by atoms with Crippen LogP contribution in [0.5, 0.6) is 0 Å². The Morgan fingerprint density at radius 1 is 1.61 bits per heavy atom. The number of likely N-dealkylation sites (tertiary alicyclic amines) is 1. The highest BCUT2D eigenvalue weighted by atomic mass is 16.5. The number of methoxy groups -OCH3 is 1. The van der Waals surface area contributed by atoms with Crippen molar-refractivity contribution in [2.45, 2.75) is 32.0 Å². The van der Waals surface area contributed by atoms with Gasteiger partial charge in [-0.05, 0) is 13.0 Å². The minimum atomic E-state index is -0.170. The van der Waals surface area contributed by atoms with Crippen LogP contribution >= 0.6 is 0 Å². The Morgan fingerprint density at radius 3 is 3.06 bits per heavy atom. The summed E-state index contributed by atoms with van der Waals surface area (Å²) in [6.07, 6.45) is 2.14. The summed E-state index contributed by atoms with van der Waals surface area (Å²) in [7, 11) is 1.63. The van der Waals surface area contributed by atoms with Gasteiger partial charge in [-0.15, -0.1) is 0 Å². The molecule has 1 aliphatic rings. The van der Waals surface area contributed by atoms with Gasteiger partial charge < -0.3 is 15.4 Å². The molecular formula is C12H20N4O2. The van der Waals surface area contributed by atoms with Crippen molar-refractivity contribution < 1.29 is 9.53 Å². The lowest BCUT2D eigenvalue weighted by Crippen LogP contribution is -2.36. The molecule has 0 saturated carbocycles. The third kappa shape index (κ3) is 2.26. The van der Waals surface area contributed by atoms with Crippen LogP contribution in [0.2, 0.25) is 0 Å². The van der Waals surface area contributed by atoms with Crippen molar-refractivity contribution in [2.24, 2.45) is 5.73 Å². The molecular weight excluding hydrogens is 232 g/mol. The zero-order chi connectivity index (χ0) is 13.1. The van der Waals surface area contributed by atoms with Crippen LogP contribution in [0.1, 0.15) is 25.1 Å². The minimum Gasteiger partial charge on any atom is -0.383 e. The molecule has 1 amide bonds. The number of aryl methyl sites for hydroxylation is 1. The number of ether oxygens (including phenoxy) is 1. The van der Waals surface area contributed by atoms with Gasteiger partial charge in [0, 0.05) is 38.9 Å². The number of hydrogen-bond donors (Lipinski definition) is 1. The molecule has 1 aliphatic heterocycles. The Morgan fingerprint density at radius 2 is 2.39 bits per heavy atom. The smallest absolute Gasteiger partial charge is 0.224 e. The van der Waals surface area contributed by atoms with E-state index in [0.717, 1.165) is 12.2 Å². The molecule has 18 heavy (non-hydrogen) atoms. The third-order valence-electron chi connectivity index (χ3n) is 3.36. The predicted molar refractivity (Wildman–Crippen MR) is 66.8 cm³/mol. The third-order valence-corrected chi connectivity index (χ3v) is 3.36. The average molecular weight is 252 g/mol. The lowest BCUT2D eigenvalue weighted by molar-refractivity contribution is -0.129. The fourth-order valence-electron chi connectivity index (χ4n) is 2.51. The van der Waals surface area contributed by atoms with E-state index in [-0.39, 0.29) is 18.0 Å². The number of aromatic nitrogens is 2. The molecule has 6 heteroatoms. The summed E-state index contributed by atoms with van der Waals surface area (Å²) in [5.74, 6) is 0.0911. The predicted octanol–water partition coefficient (Wildman–Crippen LogP) is 0.150. The summed E-state index contributed by atoms with van der Waals surface area (Å²) in [6.45, 7) is 3.90. The Labute approximate surface area is 107 Å². The second-order valence-electron chi connectivity index (χ2n) is 4.46. The molecule has 1 saturated heterocycles. The number of nitrogens with zero attached hydrogens (tertiary/aromatic N) is 3. The van der Waals surface area contributed by atoms with Crippen molar-refractivity contribution in [1.29, 1.82) is 0 Å². The van der Waals surface area contributed by atoms with E-state index in [1.807, 2.05) is 17.7 Å². The van der Waals surface area contributed by atoms with E-state index < -0.39 is 0 Å². The van der Waals surface area contributed by atoms with E-state index in [9.17, 15) is 4.79 Å². The van der Waals surface area contributed by atoms with Gasteiger partial charge in [0.1, 0.15) is 0 Å². The highest BCUT2D eigenvalue weighted by Gasteiger charge is 2.39. The largest absolute Gasteiger partial charge is 0.383 e. The summed E-state index contributed by atoms with van der Waals surface area (Å²) in [5.41, 5.74) is 7.11. The van der Waals surface area contributed by atoms with Gasteiger partial charge in [-0.2, -0.15) is 5.10 Å². The Bertz CT molecular complexity index is 418. The molecule has 2 N–H and O–H groups in total. The number of hydrogen-bond acceptors (Lipinski definition) is 4. The van der Waals surface area contributed by atoms with E-state index in [4.69, 9.17) is 10.5 Å². The van der Waals surface area contributed by atoms with Gasteiger partial charge in [0.15, 0.2) is 0 Å². The van der Waals surface area contributed by atoms with E-state index in [2.05, 4.69) is 5.10 Å². The molecule has 0 bridgehead atoms. The lowest BCUT2D eigenvalue weighted by atomic mass is 10.1. The second kappa shape index (κ2) is 5.49. The van der Waals surface area contributed by atoms with Crippen molar-refractivity contribution in [3.05, 3.63) is 18.0 Å².